The molecule has 0 amide bonds. The molecule has 2 rings (SSSR count). The van der Waals surface area contributed by atoms with Gasteiger partial charge in [0.25, 0.3) is 0 Å². The minimum atomic E-state index is -0.648. The highest BCUT2D eigenvalue weighted by atomic mass is 35.5. The summed E-state index contributed by atoms with van der Waals surface area (Å²) in [5.74, 6) is -1.26. The number of hydrogen-bond acceptors (Lipinski definition) is 1. The van der Waals surface area contributed by atoms with Crippen LogP contribution in [0.25, 0.3) is 11.3 Å². The van der Waals surface area contributed by atoms with Crippen molar-refractivity contribution in [2.75, 3.05) is 0 Å². The van der Waals surface area contributed by atoms with Crippen molar-refractivity contribution in [2.45, 2.75) is 0 Å². The van der Waals surface area contributed by atoms with Crippen LogP contribution in [0.2, 0.25) is 5.28 Å². The molecular formula is C9H5ClF2N2. The average molecular weight is 215 g/mol. The molecule has 0 fully saturated rings. The van der Waals surface area contributed by atoms with Crippen molar-refractivity contribution in [3.8, 4) is 11.3 Å². The Kier molecular flexibility index (Phi) is 2.21. The highest BCUT2D eigenvalue weighted by molar-refractivity contribution is 6.28. The van der Waals surface area contributed by atoms with Crippen LogP contribution < -0.4 is 0 Å². The summed E-state index contributed by atoms with van der Waals surface area (Å²) in [6.07, 6.45) is 1.39. The predicted octanol–water partition coefficient (Wildman–Crippen LogP) is 3.01. The Labute approximate surface area is 83.6 Å². The second-order valence-electron chi connectivity index (χ2n) is 2.71. The Bertz CT molecular complexity index is 468. The lowest BCUT2D eigenvalue weighted by atomic mass is 10.1. The third kappa shape index (κ3) is 1.61. The van der Waals surface area contributed by atoms with E-state index in [4.69, 9.17) is 11.6 Å². The maximum absolute atomic E-state index is 13.2. The number of nitrogens with one attached hydrogen (secondary N) is 1. The number of imidazole rings is 1. The van der Waals surface area contributed by atoms with Gasteiger partial charge in [0.05, 0.1) is 11.9 Å². The molecule has 0 unspecified atom stereocenters. The predicted molar refractivity (Wildman–Crippen MR) is 48.9 cm³/mol. The molecule has 14 heavy (non-hydrogen) atoms. The van der Waals surface area contributed by atoms with Gasteiger partial charge in [-0.25, -0.2) is 13.8 Å². The molecule has 0 saturated heterocycles. The third-order valence-electron chi connectivity index (χ3n) is 1.77. The van der Waals surface area contributed by atoms with Gasteiger partial charge in [0, 0.05) is 11.6 Å². The molecule has 5 heteroatoms. The molecule has 0 bridgehead atoms. The maximum Gasteiger partial charge on any atom is 0.200 e. The molecular weight excluding hydrogens is 210 g/mol. The Hall–Kier alpha value is -1.42. The minimum absolute atomic E-state index is 0.170. The number of hydrogen-bond donors (Lipinski definition) is 1. The van der Waals surface area contributed by atoms with Gasteiger partial charge in [0.2, 0.25) is 0 Å². The largest absolute Gasteiger partial charge is 0.329 e. The van der Waals surface area contributed by atoms with Gasteiger partial charge in [0.1, 0.15) is 11.6 Å². The van der Waals surface area contributed by atoms with Gasteiger partial charge in [-0.1, -0.05) is 0 Å². The Morgan fingerprint density at radius 2 is 2.07 bits per heavy atom. The van der Waals surface area contributed by atoms with Crippen molar-refractivity contribution >= 4 is 11.6 Å². The van der Waals surface area contributed by atoms with Crippen LogP contribution in [0, 0.1) is 11.6 Å². The summed E-state index contributed by atoms with van der Waals surface area (Å²) < 4.78 is 25.8. The van der Waals surface area contributed by atoms with Crippen molar-refractivity contribution in [2.24, 2.45) is 0 Å². The fraction of sp³-hybridized carbons (Fsp3) is 0. The molecule has 2 aromatic rings. The van der Waals surface area contributed by atoms with E-state index < -0.39 is 11.6 Å². The van der Waals surface area contributed by atoms with Crippen molar-refractivity contribution in [1.29, 1.82) is 0 Å². The lowest BCUT2D eigenvalue weighted by Crippen LogP contribution is -1.85. The zero-order chi connectivity index (χ0) is 10.1. The lowest BCUT2D eigenvalue weighted by Gasteiger charge is -1.98. The van der Waals surface area contributed by atoms with Crippen molar-refractivity contribution in [1.82, 2.24) is 9.97 Å². The first-order valence-corrected chi connectivity index (χ1v) is 4.20. The fourth-order valence-electron chi connectivity index (χ4n) is 1.14. The fourth-order valence-corrected chi connectivity index (χ4v) is 1.29. The van der Waals surface area contributed by atoms with Crippen molar-refractivity contribution < 1.29 is 8.78 Å². The van der Waals surface area contributed by atoms with Gasteiger partial charge in [-0.2, -0.15) is 0 Å². The Morgan fingerprint density at radius 1 is 1.29 bits per heavy atom. The molecule has 0 aliphatic heterocycles. The lowest BCUT2D eigenvalue weighted by molar-refractivity contribution is 0.585. The summed E-state index contributed by atoms with van der Waals surface area (Å²) in [6.45, 7) is 0. The quantitative estimate of drug-likeness (QED) is 0.777. The summed E-state index contributed by atoms with van der Waals surface area (Å²) >= 11 is 5.53. The zero-order valence-electron chi connectivity index (χ0n) is 6.89. The SMILES string of the molecule is Fc1ccc(-c2cnc(Cl)[nH]2)c(F)c1. The van der Waals surface area contributed by atoms with Crippen LogP contribution in [0.4, 0.5) is 8.78 Å². The van der Waals surface area contributed by atoms with E-state index in [0.717, 1.165) is 6.07 Å². The summed E-state index contributed by atoms with van der Waals surface area (Å²) in [5.41, 5.74) is 0.665. The molecule has 0 aliphatic carbocycles. The number of aromatic nitrogens is 2. The van der Waals surface area contributed by atoms with Gasteiger partial charge in [-0.3, -0.25) is 0 Å². The first-order chi connectivity index (χ1) is 6.66. The first-order valence-electron chi connectivity index (χ1n) is 3.83. The van der Waals surface area contributed by atoms with Gasteiger partial charge >= 0.3 is 0 Å². The molecule has 2 nitrogen and oxygen atoms in total. The normalized spacial score (nSPS) is 10.5. The van der Waals surface area contributed by atoms with Crippen LogP contribution in [0.5, 0.6) is 0 Å². The molecule has 0 spiro atoms. The molecule has 1 aromatic heterocycles. The molecule has 72 valence electrons. The number of nitrogens with zero attached hydrogens (tertiary/aromatic N) is 1. The number of halogens is 3. The van der Waals surface area contributed by atoms with E-state index in [1.54, 1.807) is 0 Å². The molecule has 0 saturated carbocycles. The van der Waals surface area contributed by atoms with E-state index in [1.165, 1.54) is 18.3 Å². The van der Waals surface area contributed by atoms with Crippen LogP contribution in [0.1, 0.15) is 0 Å². The molecule has 0 atom stereocenters. The van der Waals surface area contributed by atoms with Gasteiger partial charge in [-0.15, -0.1) is 0 Å². The van der Waals surface area contributed by atoms with E-state index in [2.05, 4.69) is 9.97 Å². The van der Waals surface area contributed by atoms with E-state index in [1.807, 2.05) is 0 Å². The molecule has 1 aromatic carbocycles. The zero-order valence-corrected chi connectivity index (χ0v) is 7.65. The summed E-state index contributed by atoms with van der Waals surface area (Å²) in [4.78, 5) is 6.35. The van der Waals surface area contributed by atoms with Gasteiger partial charge < -0.3 is 4.98 Å². The summed E-state index contributed by atoms with van der Waals surface area (Å²) in [7, 11) is 0. The second kappa shape index (κ2) is 3.38. The third-order valence-corrected chi connectivity index (χ3v) is 1.96. The van der Waals surface area contributed by atoms with Crippen LogP contribution in [0.3, 0.4) is 0 Å². The Morgan fingerprint density at radius 3 is 2.64 bits per heavy atom. The smallest absolute Gasteiger partial charge is 0.200 e. The first kappa shape index (κ1) is 9.15. The van der Waals surface area contributed by atoms with E-state index >= 15 is 0 Å². The topological polar surface area (TPSA) is 28.7 Å². The van der Waals surface area contributed by atoms with Crippen LogP contribution in [-0.4, -0.2) is 9.97 Å². The monoisotopic (exact) mass is 214 g/mol. The van der Waals surface area contributed by atoms with Crippen LogP contribution in [0.15, 0.2) is 24.4 Å². The van der Waals surface area contributed by atoms with E-state index in [-0.39, 0.29) is 10.8 Å². The molecule has 1 N–H and O–H groups in total. The number of rotatable bonds is 1. The Balaban J connectivity index is 2.52. The van der Waals surface area contributed by atoms with Crippen LogP contribution in [-0.2, 0) is 0 Å². The standard InChI is InChI=1S/C9H5ClF2N2/c10-9-13-4-8(14-9)6-2-1-5(11)3-7(6)12/h1-4H,(H,13,14). The summed E-state index contributed by atoms with van der Waals surface area (Å²) in [5, 5.41) is 0.170. The highest BCUT2D eigenvalue weighted by Crippen LogP contribution is 2.22. The number of H-pyrrole nitrogens is 1. The second-order valence-corrected chi connectivity index (χ2v) is 3.07. The van der Waals surface area contributed by atoms with E-state index in [9.17, 15) is 8.78 Å². The maximum atomic E-state index is 13.2. The number of benzene rings is 1. The van der Waals surface area contributed by atoms with Gasteiger partial charge in [0.15, 0.2) is 5.28 Å². The molecule has 0 aliphatic rings. The molecule has 0 radical (unpaired) electrons. The molecule has 1 heterocycles. The van der Waals surface area contributed by atoms with Gasteiger partial charge in [-0.05, 0) is 23.7 Å². The average Bonchev–Trinajstić information content (AvgIpc) is 2.51. The minimum Gasteiger partial charge on any atom is -0.329 e. The highest BCUT2D eigenvalue weighted by Gasteiger charge is 2.08. The van der Waals surface area contributed by atoms with Crippen molar-refractivity contribution in [3.63, 3.8) is 0 Å². The number of aromatic amines is 1. The van der Waals surface area contributed by atoms with E-state index in [0.29, 0.717) is 5.69 Å². The summed E-state index contributed by atoms with van der Waals surface area (Å²) in [6, 6.07) is 3.31. The van der Waals surface area contributed by atoms with Crippen molar-refractivity contribution in [3.05, 3.63) is 41.3 Å². The van der Waals surface area contributed by atoms with Crippen LogP contribution >= 0.6 is 11.6 Å².